The molecule has 0 bridgehead atoms. The van der Waals surface area contributed by atoms with Crippen LogP contribution in [-0.4, -0.2) is 32.7 Å². The van der Waals surface area contributed by atoms with E-state index in [4.69, 9.17) is 5.11 Å². The first kappa shape index (κ1) is 13.1. The molecule has 3 aromatic rings. The Balaban J connectivity index is 2.05. The van der Waals surface area contributed by atoms with Crippen LogP contribution in [0.4, 0.5) is 11.5 Å². The van der Waals surface area contributed by atoms with Gasteiger partial charge in [0.25, 0.3) is 0 Å². The molecule has 0 aliphatic heterocycles. The van der Waals surface area contributed by atoms with Crippen molar-refractivity contribution >= 4 is 23.1 Å². The molecule has 0 unspecified atom stereocenters. The number of nitrogens with zero attached hydrogens (tertiary/aromatic N) is 4. The SMILES string of the molecule is Cc1cc(N(C)c2ccc(C(=O)O)cc2)n2ncnc2c1. The minimum Gasteiger partial charge on any atom is -0.478 e. The van der Waals surface area contributed by atoms with Crippen LogP contribution in [-0.2, 0) is 0 Å². The van der Waals surface area contributed by atoms with Crippen molar-refractivity contribution in [2.24, 2.45) is 0 Å². The first-order valence-electron chi connectivity index (χ1n) is 6.44. The molecule has 0 radical (unpaired) electrons. The molecule has 0 saturated heterocycles. The van der Waals surface area contributed by atoms with E-state index in [1.807, 2.05) is 31.0 Å². The number of hydrogen-bond donors (Lipinski definition) is 1. The number of pyridine rings is 1. The Morgan fingerprint density at radius 3 is 2.62 bits per heavy atom. The third-order valence-electron chi connectivity index (χ3n) is 3.35. The zero-order valence-electron chi connectivity index (χ0n) is 11.7. The number of rotatable bonds is 3. The van der Waals surface area contributed by atoms with E-state index in [1.54, 1.807) is 28.8 Å². The van der Waals surface area contributed by atoms with Gasteiger partial charge >= 0.3 is 5.97 Å². The summed E-state index contributed by atoms with van der Waals surface area (Å²) in [7, 11) is 1.91. The predicted octanol–water partition coefficient (Wildman–Crippen LogP) is 2.50. The van der Waals surface area contributed by atoms with Crippen LogP contribution in [0.2, 0.25) is 0 Å². The van der Waals surface area contributed by atoms with Crippen molar-refractivity contribution in [3.8, 4) is 0 Å². The number of fused-ring (bicyclic) bond motifs is 1. The molecule has 0 spiro atoms. The highest BCUT2D eigenvalue weighted by molar-refractivity contribution is 5.88. The summed E-state index contributed by atoms with van der Waals surface area (Å²) in [5, 5.41) is 13.2. The minimum atomic E-state index is -0.932. The number of hydrogen-bond acceptors (Lipinski definition) is 4. The van der Waals surface area contributed by atoms with E-state index < -0.39 is 5.97 Å². The van der Waals surface area contributed by atoms with Crippen LogP contribution in [0.15, 0.2) is 42.7 Å². The van der Waals surface area contributed by atoms with Crippen LogP contribution in [0.3, 0.4) is 0 Å². The monoisotopic (exact) mass is 282 g/mol. The molecule has 1 N–H and O–H groups in total. The average Bonchev–Trinajstić information content (AvgIpc) is 2.93. The van der Waals surface area contributed by atoms with Gasteiger partial charge in [-0.05, 0) is 48.9 Å². The number of benzene rings is 1. The maximum absolute atomic E-state index is 10.9. The smallest absolute Gasteiger partial charge is 0.335 e. The topological polar surface area (TPSA) is 70.7 Å². The summed E-state index contributed by atoms with van der Waals surface area (Å²) in [5.74, 6) is -0.0657. The van der Waals surface area contributed by atoms with Gasteiger partial charge in [0.15, 0.2) is 5.65 Å². The molecule has 6 nitrogen and oxygen atoms in total. The average molecular weight is 282 g/mol. The third kappa shape index (κ3) is 2.31. The number of anilines is 2. The van der Waals surface area contributed by atoms with Gasteiger partial charge in [-0.15, -0.1) is 0 Å². The van der Waals surface area contributed by atoms with Gasteiger partial charge in [0.05, 0.1) is 5.56 Å². The lowest BCUT2D eigenvalue weighted by Gasteiger charge is -2.20. The Bertz CT molecular complexity index is 808. The molecule has 21 heavy (non-hydrogen) atoms. The summed E-state index contributed by atoms with van der Waals surface area (Å²) in [5.41, 5.74) is 3.00. The second kappa shape index (κ2) is 4.90. The molecular weight excluding hydrogens is 268 g/mol. The molecular formula is C15H14N4O2. The molecule has 2 aromatic heterocycles. The van der Waals surface area contributed by atoms with Crippen molar-refractivity contribution in [3.63, 3.8) is 0 Å². The number of aromatic carboxylic acids is 1. The van der Waals surface area contributed by atoms with E-state index in [0.29, 0.717) is 0 Å². The summed E-state index contributed by atoms with van der Waals surface area (Å²) < 4.78 is 1.75. The van der Waals surface area contributed by atoms with Gasteiger partial charge < -0.3 is 10.0 Å². The normalized spacial score (nSPS) is 10.8. The van der Waals surface area contributed by atoms with Gasteiger partial charge in [-0.3, -0.25) is 0 Å². The Morgan fingerprint density at radius 1 is 1.24 bits per heavy atom. The van der Waals surface area contributed by atoms with Crippen molar-refractivity contribution in [1.29, 1.82) is 0 Å². The highest BCUT2D eigenvalue weighted by Crippen LogP contribution is 2.25. The van der Waals surface area contributed by atoms with Crippen LogP contribution >= 0.6 is 0 Å². The predicted molar refractivity (Wildman–Crippen MR) is 79.2 cm³/mol. The van der Waals surface area contributed by atoms with Crippen LogP contribution < -0.4 is 4.90 Å². The van der Waals surface area contributed by atoms with Gasteiger partial charge in [0.1, 0.15) is 12.1 Å². The van der Waals surface area contributed by atoms with E-state index >= 15 is 0 Å². The molecule has 0 amide bonds. The number of aromatic nitrogens is 3. The molecule has 3 rings (SSSR count). The zero-order valence-corrected chi connectivity index (χ0v) is 11.7. The lowest BCUT2D eigenvalue weighted by atomic mass is 10.2. The molecule has 2 heterocycles. The van der Waals surface area contributed by atoms with Gasteiger partial charge in [0.2, 0.25) is 0 Å². The summed E-state index contributed by atoms with van der Waals surface area (Å²) >= 11 is 0. The fourth-order valence-electron chi connectivity index (χ4n) is 2.23. The number of carboxylic acid groups (broad SMARTS) is 1. The molecule has 0 aliphatic rings. The van der Waals surface area contributed by atoms with Crippen molar-refractivity contribution in [1.82, 2.24) is 14.6 Å². The highest BCUT2D eigenvalue weighted by Gasteiger charge is 2.11. The number of carboxylic acids is 1. The molecule has 0 saturated carbocycles. The van der Waals surface area contributed by atoms with E-state index in [-0.39, 0.29) is 5.56 Å². The van der Waals surface area contributed by atoms with Gasteiger partial charge in [-0.25, -0.2) is 9.78 Å². The van der Waals surface area contributed by atoms with Gasteiger partial charge in [-0.2, -0.15) is 9.61 Å². The molecule has 6 heteroatoms. The fourth-order valence-corrected chi connectivity index (χ4v) is 2.23. The standard InChI is InChI=1S/C15H14N4O2/c1-10-7-13-16-9-17-19(13)14(8-10)18(2)12-5-3-11(4-6-12)15(20)21/h3-9H,1-2H3,(H,20,21). The first-order chi connectivity index (χ1) is 10.1. The molecule has 0 atom stereocenters. The summed E-state index contributed by atoms with van der Waals surface area (Å²) in [4.78, 5) is 17.0. The lowest BCUT2D eigenvalue weighted by molar-refractivity contribution is 0.0697. The van der Waals surface area contributed by atoms with E-state index in [2.05, 4.69) is 10.1 Å². The Hall–Kier alpha value is -2.89. The molecule has 0 fully saturated rings. The highest BCUT2D eigenvalue weighted by atomic mass is 16.4. The first-order valence-corrected chi connectivity index (χ1v) is 6.44. The Morgan fingerprint density at radius 2 is 1.95 bits per heavy atom. The van der Waals surface area contributed by atoms with E-state index in [9.17, 15) is 4.79 Å². The minimum absolute atomic E-state index is 0.266. The second-order valence-electron chi connectivity index (χ2n) is 4.83. The summed E-state index contributed by atoms with van der Waals surface area (Å²) in [6.07, 6.45) is 1.51. The van der Waals surface area contributed by atoms with Crippen molar-refractivity contribution < 1.29 is 9.90 Å². The van der Waals surface area contributed by atoms with Crippen molar-refractivity contribution in [3.05, 3.63) is 53.9 Å². The largest absolute Gasteiger partial charge is 0.478 e. The quantitative estimate of drug-likeness (QED) is 0.799. The van der Waals surface area contributed by atoms with Crippen LogP contribution in [0.25, 0.3) is 5.65 Å². The second-order valence-corrected chi connectivity index (χ2v) is 4.83. The van der Waals surface area contributed by atoms with Crippen LogP contribution in [0.5, 0.6) is 0 Å². The maximum Gasteiger partial charge on any atom is 0.335 e. The molecule has 106 valence electrons. The number of aryl methyl sites for hydroxylation is 1. The zero-order chi connectivity index (χ0) is 15.0. The summed E-state index contributed by atoms with van der Waals surface area (Å²) in [6.45, 7) is 2.00. The van der Waals surface area contributed by atoms with Crippen molar-refractivity contribution in [2.45, 2.75) is 6.92 Å². The van der Waals surface area contributed by atoms with Crippen LogP contribution in [0, 0.1) is 6.92 Å². The molecule has 0 aliphatic carbocycles. The van der Waals surface area contributed by atoms with E-state index in [0.717, 1.165) is 22.7 Å². The Kier molecular flexibility index (Phi) is 3.06. The summed E-state index contributed by atoms with van der Waals surface area (Å²) in [6, 6.07) is 10.7. The maximum atomic E-state index is 10.9. The Labute approximate surface area is 121 Å². The fraction of sp³-hybridized carbons (Fsp3) is 0.133. The van der Waals surface area contributed by atoms with Crippen LogP contribution in [0.1, 0.15) is 15.9 Å². The number of carbonyl (C=O) groups is 1. The van der Waals surface area contributed by atoms with Crippen molar-refractivity contribution in [2.75, 3.05) is 11.9 Å². The lowest BCUT2D eigenvalue weighted by Crippen LogP contribution is -2.14. The van der Waals surface area contributed by atoms with Gasteiger partial charge in [-0.1, -0.05) is 0 Å². The molecule has 1 aromatic carbocycles. The third-order valence-corrected chi connectivity index (χ3v) is 3.35. The van der Waals surface area contributed by atoms with E-state index in [1.165, 1.54) is 6.33 Å². The van der Waals surface area contributed by atoms with Gasteiger partial charge in [0, 0.05) is 12.7 Å².